The Kier molecular flexibility index (Phi) is 6.86. The van der Waals surface area contributed by atoms with Gasteiger partial charge in [0.15, 0.2) is 0 Å². The molecule has 0 aromatic heterocycles. The Balaban J connectivity index is 2.60. The smallest absolute Gasteiger partial charge is 0.441 e. The second kappa shape index (κ2) is 8.82. The highest BCUT2D eigenvalue weighted by atomic mass is 35.5. The lowest BCUT2D eigenvalue weighted by Crippen LogP contribution is -2.69. The Bertz CT molecular complexity index is 949. The normalized spacial score (nSPS) is 13.3. The van der Waals surface area contributed by atoms with Gasteiger partial charge in [0.2, 0.25) is 0 Å². The molecule has 0 bridgehead atoms. The van der Waals surface area contributed by atoms with Crippen molar-refractivity contribution in [2.24, 2.45) is 0 Å². The van der Waals surface area contributed by atoms with Gasteiger partial charge < -0.3 is 15.4 Å². The van der Waals surface area contributed by atoms with E-state index in [9.17, 15) is 35.9 Å². The zero-order valence-corrected chi connectivity index (χ0v) is 15.8. The number of halogens is 7. The van der Waals surface area contributed by atoms with E-state index in [2.05, 4.69) is 4.74 Å². The molecular weight excluding hydrogens is 442 g/mol. The van der Waals surface area contributed by atoms with E-state index in [0.29, 0.717) is 24.3 Å². The van der Waals surface area contributed by atoms with Crippen molar-refractivity contribution < 1.29 is 40.7 Å². The molecule has 12 heteroatoms. The van der Waals surface area contributed by atoms with E-state index in [-0.39, 0.29) is 0 Å². The van der Waals surface area contributed by atoms with Crippen molar-refractivity contribution in [3.8, 4) is 0 Å². The van der Waals surface area contributed by atoms with Gasteiger partial charge in [0, 0.05) is 5.69 Å². The van der Waals surface area contributed by atoms with Gasteiger partial charge in [0.05, 0.1) is 11.6 Å². The van der Waals surface area contributed by atoms with Gasteiger partial charge in [0.1, 0.15) is 23.0 Å². The van der Waals surface area contributed by atoms with Crippen molar-refractivity contribution in [3.63, 3.8) is 0 Å². The molecule has 5 nitrogen and oxygen atoms in total. The highest BCUT2D eigenvalue weighted by molar-refractivity contribution is 6.31. The lowest BCUT2D eigenvalue weighted by atomic mass is 10.1. The Morgan fingerprint density at radius 1 is 1.03 bits per heavy atom. The number of carbonyl (C=O) groups is 2. The summed E-state index contributed by atoms with van der Waals surface area (Å²) >= 11 is 5.54. The first-order valence-electron chi connectivity index (χ1n) is 8.16. The lowest BCUT2D eigenvalue weighted by Gasteiger charge is -2.35. The molecule has 2 aromatic rings. The maximum atomic E-state index is 14.0. The van der Waals surface area contributed by atoms with Crippen LogP contribution < -0.4 is 10.6 Å². The summed E-state index contributed by atoms with van der Waals surface area (Å²) in [6.07, 6.45) is -5.57. The third-order valence-electron chi connectivity index (χ3n) is 3.75. The monoisotopic (exact) mass is 454 g/mol. The summed E-state index contributed by atoms with van der Waals surface area (Å²) < 4.78 is 87.6. The van der Waals surface area contributed by atoms with Crippen LogP contribution in [0.1, 0.15) is 17.3 Å². The van der Waals surface area contributed by atoms with Crippen LogP contribution in [0.2, 0.25) is 5.02 Å². The Hall–Kier alpha value is -2.95. The van der Waals surface area contributed by atoms with E-state index in [1.165, 1.54) is 12.2 Å². The topological polar surface area (TPSA) is 67.4 Å². The van der Waals surface area contributed by atoms with Gasteiger partial charge in [-0.3, -0.25) is 4.79 Å². The molecule has 0 saturated carbocycles. The van der Waals surface area contributed by atoms with Crippen LogP contribution in [0.15, 0.2) is 36.4 Å². The largest absolute Gasteiger partial charge is 0.463 e. The number of ether oxygens (including phenoxy) is 1. The molecule has 0 unspecified atom stereocenters. The summed E-state index contributed by atoms with van der Waals surface area (Å²) in [7, 11) is 0. The number of amides is 1. The first kappa shape index (κ1) is 23.3. The molecule has 1 amide bonds. The van der Waals surface area contributed by atoms with Crippen molar-refractivity contribution in [3.05, 3.63) is 64.4 Å². The van der Waals surface area contributed by atoms with Gasteiger partial charge in [-0.05, 0) is 37.3 Å². The minimum absolute atomic E-state index is 0.521. The van der Waals surface area contributed by atoms with Crippen molar-refractivity contribution in [1.82, 2.24) is 5.32 Å². The Morgan fingerprint density at radius 2 is 1.63 bits per heavy atom. The summed E-state index contributed by atoms with van der Waals surface area (Å²) in [5.41, 5.74) is -5.87. The molecule has 2 rings (SSSR count). The van der Waals surface area contributed by atoms with Crippen LogP contribution in [0.5, 0.6) is 0 Å². The predicted molar refractivity (Wildman–Crippen MR) is 94.3 cm³/mol. The number of esters is 1. The molecule has 0 heterocycles. The molecule has 1 atom stereocenters. The van der Waals surface area contributed by atoms with Crippen LogP contribution in [-0.2, 0) is 9.53 Å². The Labute approximate surface area is 171 Å². The van der Waals surface area contributed by atoms with Crippen LogP contribution in [0, 0.1) is 17.5 Å². The van der Waals surface area contributed by atoms with Gasteiger partial charge >= 0.3 is 17.8 Å². The van der Waals surface area contributed by atoms with Crippen molar-refractivity contribution in [2.75, 3.05) is 11.9 Å². The molecule has 0 saturated heterocycles. The molecule has 0 fully saturated rings. The number of hydrogen-bond donors (Lipinski definition) is 2. The van der Waals surface area contributed by atoms with Crippen LogP contribution in [0.4, 0.5) is 32.0 Å². The van der Waals surface area contributed by atoms with E-state index >= 15 is 0 Å². The van der Waals surface area contributed by atoms with Gasteiger partial charge in [-0.1, -0.05) is 17.7 Å². The maximum absolute atomic E-state index is 14.0. The second-order valence-corrected chi connectivity index (χ2v) is 6.18. The molecule has 2 aromatic carbocycles. The third kappa shape index (κ3) is 4.61. The zero-order valence-electron chi connectivity index (χ0n) is 15.0. The van der Waals surface area contributed by atoms with Crippen LogP contribution in [-0.4, -0.2) is 30.3 Å². The fourth-order valence-corrected chi connectivity index (χ4v) is 2.55. The molecule has 30 heavy (non-hydrogen) atoms. The number of nitrogens with one attached hydrogen (secondary N) is 2. The molecule has 0 aliphatic carbocycles. The third-order valence-corrected chi connectivity index (χ3v) is 4.04. The summed E-state index contributed by atoms with van der Waals surface area (Å²) in [5.74, 6) is -7.80. The highest BCUT2D eigenvalue weighted by Crippen LogP contribution is 2.34. The average Bonchev–Trinajstić information content (AvgIpc) is 2.63. The molecule has 2 N–H and O–H groups in total. The zero-order chi connectivity index (χ0) is 22.7. The summed E-state index contributed by atoms with van der Waals surface area (Å²) in [6.45, 7) is 0.679. The highest BCUT2D eigenvalue weighted by Gasteiger charge is 2.64. The molecule has 0 spiro atoms. The maximum Gasteiger partial charge on any atom is 0.441 e. The Morgan fingerprint density at radius 3 is 2.13 bits per heavy atom. The van der Waals surface area contributed by atoms with Gasteiger partial charge in [-0.2, -0.15) is 13.2 Å². The number of carbonyl (C=O) groups excluding carboxylic acids is 2. The summed E-state index contributed by atoms with van der Waals surface area (Å²) in [6, 6.07) is 4.40. The van der Waals surface area contributed by atoms with Gasteiger partial charge in [-0.15, -0.1) is 0 Å². The molecule has 0 radical (unpaired) electrons. The second-order valence-electron chi connectivity index (χ2n) is 5.77. The molecule has 0 aliphatic rings. The van der Waals surface area contributed by atoms with E-state index < -0.39 is 64.0 Å². The minimum Gasteiger partial charge on any atom is -0.463 e. The summed E-state index contributed by atoms with van der Waals surface area (Å²) in [5, 5.41) is 2.38. The SMILES string of the molecule is CCOC(=O)[C@@](NC(=O)c1c(F)cccc1F)(Nc1ccc(F)c(Cl)c1)C(F)(F)F. The summed E-state index contributed by atoms with van der Waals surface area (Å²) in [4.78, 5) is 24.6. The number of alkyl halides is 3. The fourth-order valence-electron chi connectivity index (χ4n) is 2.37. The standard InChI is InChI=1S/C18H13ClF6N2O3/c1-2-30-16(29)17(18(23,24)25,26-9-6-7-11(20)10(19)8-9)27-15(28)14-12(21)4-3-5-13(14)22/h3-8,26H,2H2,1H3,(H,27,28)/t17-/m0/s1. The van der Waals surface area contributed by atoms with E-state index in [0.717, 1.165) is 12.1 Å². The first-order chi connectivity index (χ1) is 13.9. The van der Waals surface area contributed by atoms with E-state index in [1.54, 1.807) is 5.32 Å². The van der Waals surface area contributed by atoms with Crippen LogP contribution in [0.25, 0.3) is 0 Å². The van der Waals surface area contributed by atoms with Crippen molar-refractivity contribution in [1.29, 1.82) is 0 Å². The fraction of sp³-hybridized carbons (Fsp3) is 0.222. The number of rotatable bonds is 6. The minimum atomic E-state index is -5.57. The number of hydrogen-bond acceptors (Lipinski definition) is 4. The quantitative estimate of drug-likeness (QED) is 0.385. The average molecular weight is 455 g/mol. The van der Waals surface area contributed by atoms with Gasteiger partial charge in [-0.25, -0.2) is 18.0 Å². The van der Waals surface area contributed by atoms with E-state index in [1.807, 2.05) is 0 Å². The van der Waals surface area contributed by atoms with Crippen molar-refractivity contribution >= 4 is 29.2 Å². The molecule has 162 valence electrons. The first-order valence-corrected chi connectivity index (χ1v) is 8.54. The van der Waals surface area contributed by atoms with Crippen LogP contribution in [0.3, 0.4) is 0 Å². The van der Waals surface area contributed by atoms with Crippen molar-refractivity contribution in [2.45, 2.75) is 18.8 Å². The van der Waals surface area contributed by atoms with Crippen LogP contribution >= 0.6 is 11.6 Å². The van der Waals surface area contributed by atoms with Gasteiger partial charge in [0.25, 0.3) is 5.91 Å². The molecular formula is C18H13ClF6N2O3. The molecule has 0 aliphatic heterocycles. The number of benzene rings is 2. The lowest BCUT2D eigenvalue weighted by molar-refractivity contribution is -0.204. The van der Waals surface area contributed by atoms with E-state index in [4.69, 9.17) is 11.6 Å². The predicted octanol–water partition coefficient (Wildman–Crippen LogP) is 4.42. The number of anilines is 1.